The summed E-state index contributed by atoms with van der Waals surface area (Å²) >= 11 is 1.32. The third-order valence-electron chi connectivity index (χ3n) is 8.34. The van der Waals surface area contributed by atoms with Gasteiger partial charge in [-0.3, -0.25) is 9.69 Å². The van der Waals surface area contributed by atoms with Crippen molar-refractivity contribution in [2.24, 2.45) is 11.8 Å². The molecule has 2 saturated heterocycles. The van der Waals surface area contributed by atoms with Gasteiger partial charge in [0.05, 0.1) is 17.7 Å². The molecule has 3 amide bonds. The molecular weight excluding hydrogens is 610 g/mol. The molecule has 2 aliphatic rings. The number of aromatic hydroxyl groups is 1. The quantitative estimate of drug-likeness (QED) is 0.298. The first kappa shape index (κ1) is 31.6. The molecule has 2 fully saturated rings. The summed E-state index contributed by atoms with van der Waals surface area (Å²) < 4.78 is 79.6. The van der Waals surface area contributed by atoms with Crippen LogP contribution in [0.15, 0.2) is 54.0 Å². The van der Waals surface area contributed by atoms with Gasteiger partial charge in [-0.1, -0.05) is 18.2 Å². The number of para-hydroxylation sites is 1. The van der Waals surface area contributed by atoms with E-state index in [0.29, 0.717) is 48.8 Å². The smallest absolute Gasteiger partial charge is 0.416 e. The van der Waals surface area contributed by atoms with E-state index in [2.05, 4.69) is 4.98 Å². The lowest BCUT2D eigenvalue weighted by molar-refractivity contribution is -0.143. The van der Waals surface area contributed by atoms with Crippen molar-refractivity contribution in [3.05, 3.63) is 76.3 Å². The Labute approximate surface area is 253 Å². The number of likely N-dealkylation sites (tertiary alicyclic amines) is 2. The molecule has 3 heterocycles. The van der Waals surface area contributed by atoms with Crippen LogP contribution in [0, 0.1) is 11.8 Å². The molecule has 1 aromatic heterocycles. The summed E-state index contributed by atoms with van der Waals surface area (Å²) in [4.78, 5) is 35.5. The van der Waals surface area contributed by atoms with Crippen LogP contribution in [-0.4, -0.2) is 58.0 Å². The number of halogens is 6. The van der Waals surface area contributed by atoms with Gasteiger partial charge in [0.25, 0.3) is 5.91 Å². The fourth-order valence-electron chi connectivity index (χ4n) is 5.95. The summed E-state index contributed by atoms with van der Waals surface area (Å²) in [5.74, 6) is -0.306. The summed E-state index contributed by atoms with van der Waals surface area (Å²) in [7, 11) is 0. The summed E-state index contributed by atoms with van der Waals surface area (Å²) in [5.41, 5.74) is -3.07. The van der Waals surface area contributed by atoms with Gasteiger partial charge in [0.2, 0.25) is 0 Å². The number of alkyl halides is 6. The molecule has 44 heavy (non-hydrogen) atoms. The minimum atomic E-state index is -5.03. The molecule has 3 aromatic rings. The zero-order chi connectivity index (χ0) is 31.6. The predicted molar refractivity (Wildman–Crippen MR) is 151 cm³/mol. The Morgan fingerprint density at radius 2 is 1.41 bits per heavy atom. The van der Waals surface area contributed by atoms with Gasteiger partial charge in [0, 0.05) is 48.9 Å². The number of phenols is 1. The van der Waals surface area contributed by atoms with Gasteiger partial charge in [-0.05, 0) is 61.8 Å². The standard InChI is InChI=1S/C30H30F6N4O3S/c31-29(32,33)23-15-22(16-24(17-23)30(34,35)36)26(42)38-10-5-19(6-11-38)20-7-12-39(13-8-20)28(43)40(27-37-9-14-44-27)18-21-3-1-2-4-25(21)41/h1-4,9,14-17,19-20,41H,5-8,10-13,18H2. The molecule has 0 aliphatic carbocycles. The normalized spacial score (nSPS) is 17.1. The van der Waals surface area contributed by atoms with Crippen LogP contribution in [0.2, 0.25) is 0 Å². The molecule has 7 nitrogen and oxygen atoms in total. The van der Waals surface area contributed by atoms with Crippen LogP contribution in [0.5, 0.6) is 5.75 Å². The van der Waals surface area contributed by atoms with Crippen LogP contribution in [0.25, 0.3) is 0 Å². The highest BCUT2D eigenvalue weighted by Crippen LogP contribution is 2.38. The third-order valence-corrected chi connectivity index (χ3v) is 9.13. The Morgan fingerprint density at radius 3 is 1.91 bits per heavy atom. The monoisotopic (exact) mass is 640 g/mol. The number of amides is 3. The minimum Gasteiger partial charge on any atom is -0.508 e. The molecule has 0 unspecified atom stereocenters. The van der Waals surface area contributed by atoms with Crippen molar-refractivity contribution in [2.45, 2.75) is 44.6 Å². The Kier molecular flexibility index (Phi) is 9.10. The second-order valence-electron chi connectivity index (χ2n) is 11.1. The Hall–Kier alpha value is -3.81. The first-order valence-corrected chi connectivity index (χ1v) is 15.0. The van der Waals surface area contributed by atoms with E-state index in [0.717, 1.165) is 12.8 Å². The number of carbonyl (C=O) groups excluding carboxylic acids is 2. The highest BCUT2D eigenvalue weighted by atomic mass is 32.1. The van der Waals surface area contributed by atoms with Crippen LogP contribution in [0.3, 0.4) is 0 Å². The molecule has 0 bridgehead atoms. The topological polar surface area (TPSA) is 77.0 Å². The lowest BCUT2D eigenvalue weighted by Crippen LogP contribution is -2.48. The van der Waals surface area contributed by atoms with Crippen molar-refractivity contribution in [3.63, 3.8) is 0 Å². The fourth-order valence-corrected chi connectivity index (χ4v) is 6.58. The van der Waals surface area contributed by atoms with Crippen LogP contribution in [0.1, 0.15) is 52.7 Å². The molecule has 14 heteroatoms. The number of piperidine rings is 2. The van der Waals surface area contributed by atoms with Gasteiger partial charge in [0.1, 0.15) is 5.75 Å². The minimum absolute atomic E-state index is 0.0157. The first-order chi connectivity index (χ1) is 20.8. The molecule has 0 spiro atoms. The van der Waals surface area contributed by atoms with Crippen molar-refractivity contribution >= 4 is 28.4 Å². The predicted octanol–water partition coefficient (Wildman–Crippen LogP) is 7.28. The van der Waals surface area contributed by atoms with Crippen molar-refractivity contribution < 1.29 is 41.0 Å². The number of benzene rings is 2. The summed E-state index contributed by atoms with van der Waals surface area (Å²) in [5, 5.41) is 12.5. The summed E-state index contributed by atoms with van der Waals surface area (Å²) in [6.07, 6.45) is -5.89. The number of anilines is 1. The lowest BCUT2D eigenvalue weighted by Gasteiger charge is -2.41. The number of phenolic OH excluding ortho intramolecular Hbond substituents is 1. The lowest BCUT2D eigenvalue weighted by atomic mass is 9.78. The SMILES string of the molecule is O=C(c1cc(C(F)(F)F)cc(C(F)(F)F)c1)N1CCC(C2CCN(C(=O)N(Cc3ccccc3O)c3nccs3)CC2)CC1. The Balaban J connectivity index is 1.18. The van der Waals surface area contributed by atoms with Gasteiger partial charge in [0.15, 0.2) is 5.13 Å². The van der Waals surface area contributed by atoms with E-state index in [1.165, 1.54) is 16.2 Å². The molecule has 5 rings (SSSR count). The van der Waals surface area contributed by atoms with E-state index in [1.807, 2.05) is 0 Å². The largest absolute Gasteiger partial charge is 0.508 e. The van der Waals surface area contributed by atoms with Crippen molar-refractivity contribution in [2.75, 3.05) is 31.1 Å². The van der Waals surface area contributed by atoms with E-state index in [1.54, 1.807) is 45.6 Å². The number of thiazole rings is 1. The van der Waals surface area contributed by atoms with Crippen molar-refractivity contribution in [3.8, 4) is 5.75 Å². The number of urea groups is 1. The van der Waals surface area contributed by atoms with E-state index in [-0.39, 0.29) is 49.3 Å². The molecule has 236 valence electrons. The number of nitrogens with zero attached hydrogens (tertiary/aromatic N) is 4. The molecule has 0 atom stereocenters. The third kappa shape index (κ3) is 7.11. The van der Waals surface area contributed by atoms with Gasteiger partial charge in [-0.15, -0.1) is 11.3 Å². The maximum absolute atomic E-state index is 13.6. The van der Waals surface area contributed by atoms with Gasteiger partial charge in [-0.25, -0.2) is 9.78 Å². The van der Waals surface area contributed by atoms with Gasteiger partial charge < -0.3 is 14.9 Å². The van der Waals surface area contributed by atoms with E-state index in [9.17, 15) is 41.0 Å². The maximum Gasteiger partial charge on any atom is 0.416 e. The zero-order valence-corrected chi connectivity index (χ0v) is 24.3. The van der Waals surface area contributed by atoms with Crippen molar-refractivity contribution in [1.29, 1.82) is 0 Å². The average molecular weight is 641 g/mol. The number of hydrogen-bond donors (Lipinski definition) is 1. The number of carbonyl (C=O) groups is 2. The Bertz CT molecular complexity index is 1430. The summed E-state index contributed by atoms with van der Waals surface area (Å²) in [6, 6.07) is 7.54. The zero-order valence-electron chi connectivity index (χ0n) is 23.4. The highest BCUT2D eigenvalue weighted by molar-refractivity contribution is 7.13. The molecule has 2 aromatic carbocycles. The van der Waals surface area contributed by atoms with Crippen LogP contribution >= 0.6 is 11.3 Å². The van der Waals surface area contributed by atoms with E-state index >= 15 is 0 Å². The van der Waals surface area contributed by atoms with Crippen LogP contribution < -0.4 is 4.90 Å². The average Bonchev–Trinajstić information content (AvgIpc) is 3.54. The Morgan fingerprint density at radius 1 is 0.864 bits per heavy atom. The second-order valence-corrected chi connectivity index (χ2v) is 11.9. The summed E-state index contributed by atoms with van der Waals surface area (Å²) in [6.45, 7) is 1.59. The molecule has 1 N–H and O–H groups in total. The van der Waals surface area contributed by atoms with E-state index < -0.39 is 35.0 Å². The van der Waals surface area contributed by atoms with E-state index in [4.69, 9.17) is 0 Å². The van der Waals surface area contributed by atoms with Gasteiger partial charge in [-0.2, -0.15) is 26.3 Å². The molecule has 2 aliphatic heterocycles. The fraction of sp³-hybridized carbons (Fsp3) is 0.433. The number of rotatable bonds is 5. The first-order valence-electron chi connectivity index (χ1n) is 14.1. The van der Waals surface area contributed by atoms with Gasteiger partial charge >= 0.3 is 18.4 Å². The highest BCUT2D eigenvalue weighted by Gasteiger charge is 2.39. The maximum atomic E-state index is 13.6. The molecule has 0 saturated carbocycles. The number of aromatic nitrogens is 1. The van der Waals surface area contributed by atoms with Crippen LogP contribution in [-0.2, 0) is 18.9 Å². The number of hydrogen-bond acceptors (Lipinski definition) is 5. The molecule has 0 radical (unpaired) electrons. The van der Waals surface area contributed by atoms with Crippen molar-refractivity contribution in [1.82, 2.24) is 14.8 Å². The second kappa shape index (κ2) is 12.7. The molecular formula is C30H30F6N4O3S. The van der Waals surface area contributed by atoms with Crippen LogP contribution in [0.4, 0.5) is 36.3 Å².